The third-order valence-corrected chi connectivity index (χ3v) is 5.62. The Bertz CT molecular complexity index is 972. The van der Waals surface area contributed by atoms with Crippen molar-refractivity contribution in [1.82, 2.24) is 14.8 Å². The number of ether oxygens (including phenoxy) is 1. The highest BCUT2D eigenvalue weighted by atomic mass is 32.2. The molecule has 0 radical (unpaired) electrons. The van der Waals surface area contributed by atoms with Gasteiger partial charge >= 0.3 is 0 Å². The first kappa shape index (κ1) is 20.9. The molecule has 0 saturated carbocycles. The highest BCUT2D eigenvalue weighted by molar-refractivity contribution is 8.00. The summed E-state index contributed by atoms with van der Waals surface area (Å²) in [5, 5.41) is 19.1. The molecule has 0 aliphatic rings. The zero-order valence-corrected chi connectivity index (χ0v) is 18.1. The van der Waals surface area contributed by atoms with E-state index in [2.05, 4.69) is 65.9 Å². The fourth-order valence-electron chi connectivity index (χ4n) is 3.04. The Balaban J connectivity index is 1.86. The number of nitriles is 1. The average Bonchev–Trinajstić information content (AvgIpc) is 3.10. The first-order chi connectivity index (χ1) is 14.0. The lowest BCUT2D eigenvalue weighted by atomic mass is 10.1. The Morgan fingerprint density at radius 1 is 1.07 bits per heavy atom. The quantitative estimate of drug-likeness (QED) is 0.484. The van der Waals surface area contributed by atoms with Crippen LogP contribution in [-0.2, 0) is 13.0 Å². The maximum absolute atomic E-state index is 9.72. The highest BCUT2D eigenvalue weighted by Crippen LogP contribution is 2.30. The molecule has 29 heavy (non-hydrogen) atoms. The molecule has 0 spiro atoms. The van der Waals surface area contributed by atoms with Crippen molar-refractivity contribution in [2.45, 2.75) is 44.1 Å². The zero-order chi connectivity index (χ0) is 20.8. The Labute approximate surface area is 176 Å². The van der Waals surface area contributed by atoms with Crippen LogP contribution in [0.5, 0.6) is 5.75 Å². The minimum Gasteiger partial charge on any atom is -0.497 e. The summed E-state index contributed by atoms with van der Waals surface area (Å²) in [6, 6.07) is 18.6. The third-order valence-electron chi connectivity index (χ3n) is 4.55. The van der Waals surface area contributed by atoms with Crippen molar-refractivity contribution in [3.63, 3.8) is 0 Å². The van der Waals surface area contributed by atoms with Crippen molar-refractivity contribution in [2.75, 3.05) is 7.11 Å². The molecular formula is C23H26N4OS. The minimum atomic E-state index is -0.225. The smallest absolute Gasteiger partial charge is 0.192 e. The molecule has 5 nitrogen and oxygen atoms in total. The van der Waals surface area contributed by atoms with Crippen LogP contribution in [0.3, 0.4) is 0 Å². The molecule has 6 heteroatoms. The molecule has 3 aromatic rings. The number of nitrogens with zero attached hydrogens (tertiary/aromatic N) is 4. The number of aromatic nitrogens is 3. The summed E-state index contributed by atoms with van der Waals surface area (Å²) >= 11 is 1.48. The van der Waals surface area contributed by atoms with E-state index in [0.717, 1.165) is 34.4 Å². The Kier molecular flexibility index (Phi) is 6.95. The van der Waals surface area contributed by atoms with Crippen LogP contribution in [0.2, 0.25) is 0 Å². The fourth-order valence-corrected chi connectivity index (χ4v) is 4.00. The van der Waals surface area contributed by atoms with Gasteiger partial charge in [0.15, 0.2) is 11.0 Å². The van der Waals surface area contributed by atoms with E-state index in [1.165, 1.54) is 17.3 Å². The van der Waals surface area contributed by atoms with E-state index in [4.69, 9.17) is 4.74 Å². The first-order valence-corrected chi connectivity index (χ1v) is 10.6. The van der Waals surface area contributed by atoms with Crippen molar-refractivity contribution in [3.8, 4) is 23.2 Å². The third kappa shape index (κ3) is 5.39. The van der Waals surface area contributed by atoms with Gasteiger partial charge in [0.1, 0.15) is 11.0 Å². The second kappa shape index (κ2) is 9.62. The second-order valence-electron chi connectivity index (χ2n) is 7.46. The van der Waals surface area contributed by atoms with Crippen LogP contribution in [0.1, 0.15) is 25.0 Å². The van der Waals surface area contributed by atoms with Gasteiger partial charge in [0.05, 0.1) is 13.2 Å². The first-order valence-electron chi connectivity index (χ1n) is 9.69. The molecule has 2 aromatic carbocycles. The molecule has 1 aromatic heterocycles. The Hall–Kier alpha value is -2.78. The fraction of sp³-hybridized carbons (Fsp3) is 0.348. The molecule has 0 aliphatic carbocycles. The maximum atomic E-state index is 9.72. The van der Waals surface area contributed by atoms with E-state index in [1.807, 2.05) is 24.3 Å². The SMILES string of the molecule is COc1ccc(-c2nnc(S[C@H](C#N)Cc3ccc(C)cc3)n2CC(C)C)cc1. The predicted octanol–water partition coefficient (Wildman–Crippen LogP) is 5.15. The topological polar surface area (TPSA) is 63.7 Å². The molecule has 1 heterocycles. The van der Waals surface area contributed by atoms with Gasteiger partial charge in [-0.3, -0.25) is 0 Å². The van der Waals surface area contributed by atoms with Crippen LogP contribution in [0.4, 0.5) is 0 Å². The standard InChI is InChI=1S/C23H26N4OS/c1-16(2)15-27-22(19-9-11-20(28-4)12-10-19)25-26-23(27)29-21(14-24)13-18-7-5-17(3)6-8-18/h5-12,16,21H,13,15H2,1-4H3/t21-/m0/s1. The number of methoxy groups -OCH3 is 1. The summed E-state index contributed by atoms with van der Waals surface area (Å²) in [5.41, 5.74) is 3.36. The van der Waals surface area contributed by atoms with Crippen molar-refractivity contribution in [3.05, 3.63) is 59.7 Å². The van der Waals surface area contributed by atoms with Crippen molar-refractivity contribution in [2.24, 2.45) is 5.92 Å². The van der Waals surface area contributed by atoms with Crippen molar-refractivity contribution < 1.29 is 4.74 Å². The highest BCUT2D eigenvalue weighted by Gasteiger charge is 2.20. The number of hydrogen-bond acceptors (Lipinski definition) is 5. The van der Waals surface area contributed by atoms with Crippen LogP contribution in [-0.4, -0.2) is 27.1 Å². The normalized spacial score (nSPS) is 12.0. The lowest BCUT2D eigenvalue weighted by molar-refractivity contribution is 0.415. The van der Waals surface area contributed by atoms with E-state index >= 15 is 0 Å². The Morgan fingerprint density at radius 2 is 1.76 bits per heavy atom. The van der Waals surface area contributed by atoms with Gasteiger partial charge in [-0.2, -0.15) is 5.26 Å². The molecule has 0 amide bonds. The van der Waals surface area contributed by atoms with E-state index in [0.29, 0.717) is 12.3 Å². The number of rotatable bonds is 8. The van der Waals surface area contributed by atoms with E-state index in [-0.39, 0.29) is 5.25 Å². The van der Waals surface area contributed by atoms with E-state index < -0.39 is 0 Å². The Morgan fingerprint density at radius 3 is 2.34 bits per heavy atom. The van der Waals surface area contributed by atoms with Crippen LogP contribution < -0.4 is 4.74 Å². The van der Waals surface area contributed by atoms with Crippen molar-refractivity contribution in [1.29, 1.82) is 5.26 Å². The summed E-state index contributed by atoms with van der Waals surface area (Å²) in [6.45, 7) is 7.19. The molecule has 0 saturated heterocycles. The number of hydrogen-bond donors (Lipinski definition) is 0. The molecule has 0 bridgehead atoms. The number of benzene rings is 2. The number of aryl methyl sites for hydroxylation is 1. The van der Waals surface area contributed by atoms with Crippen LogP contribution in [0.15, 0.2) is 53.7 Å². The average molecular weight is 407 g/mol. The van der Waals surface area contributed by atoms with Gasteiger partial charge in [-0.25, -0.2) is 0 Å². The summed E-state index contributed by atoms with van der Waals surface area (Å²) < 4.78 is 7.37. The van der Waals surface area contributed by atoms with Crippen LogP contribution in [0.25, 0.3) is 11.4 Å². The molecule has 150 valence electrons. The molecular weight excluding hydrogens is 380 g/mol. The van der Waals surface area contributed by atoms with Gasteiger partial charge in [0, 0.05) is 12.1 Å². The van der Waals surface area contributed by atoms with Gasteiger partial charge in [-0.1, -0.05) is 55.4 Å². The largest absolute Gasteiger partial charge is 0.497 e. The van der Waals surface area contributed by atoms with E-state index in [1.54, 1.807) is 7.11 Å². The van der Waals surface area contributed by atoms with Crippen molar-refractivity contribution >= 4 is 11.8 Å². The zero-order valence-electron chi connectivity index (χ0n) is 17.3. The summed E-state index contributed by atoms with van der Waals surface area (Å²) in [4.78, 5) is 0. The molecule has 1 atom stereocenters. The van der Waals surface area contributed by atoms with Gasteiger partial charge in [-0.05, 0) is 49.1 Å². The van der Waals surface area contributed by atoms with Crippen LogP contribution >= 0.6 is 11.8 Å². The maximum Gasteiger partial charge on any atom is 0.192 e. The van der Waals surface area contributed by atoms with Gasteiger partial charge in [0.25, 0.3) is 0 Å². The lowest BCUT2D eigenvalue weighted by Gasteiger charge is -2.14. The lowest BCUT2D eigenvalue weighted by Crippen LogP contribution is -2.11. The number of thioether (sulfide) groups is 1. The summed E-state index contributed by atoms with van der Waals surface area (Å²) in [5.74, 6) is 2.05. The van der Waals surface area contributed by atoms with E-state index in [9.17, 15) is 5.26 Å². The van der Waals surface area contributed by atoms with Gasteiger partial charge < -0.3 is 9.30 Å². The monoisotopic (exact) mass is 406 g/mol. The van der Waals surface area contributed by atoms with Gasteiger partial charge in [-0.15, -0.1) is 10.2 Å². The second-order valence-corrected chi connectivity index (χ2v) is 8.63. The molecule has 0 N–H and O–H groups in total. The summed E-state index contributed by atoms with van der Waals surface area (Å²) in [6.07, 6.45) is 0.674. The van der Waals surface area contributed by atoms with Crippen LogP contribution in [0, 0.1) is 24.2 Å². The minimum absolute atomic E-state index is 0.225. The molecule has 0 unspecified atom stereocenters. The molecule has 3 rings (SSSR count). The van der Waals surface area contributed by atoms with Gasteiger partial charge in [0.2, 0.25) is 0 Å². The molecule has 0 aliphatic heterocycles. The predicted molar refractivity (Wildman–Crippen MR) is 117 cm³/mol. The summed E-state index contributed by atoms with van der Waals surface area (Å²) in [7, 11) is 1.65. The molecule has 0 fully saturated rings.